The lowest BCUT2D eigenvalue weighted by Gasteiger charge is -2.06. The van der Waals surface area contributed by atoms with Gasteiger partial charge in [-0.05, 0) is 19.2 Å². The van der Waals surface area contributed by atoms with Gasteiger partial charge in [0.15, 0.2) is 0 Å². The van der Waals surface area contributed by atoms with Crippen molar-refractivity contribution < 1.29 is 9.59 Å². The van der Waals surface area contributed by atoms with Gasteiger partial charge in [0.25, 0.3) is 0 Å². The molecule has 0 aliphatic carbocycles. The first-order chi connectivity index (χ1) is 8.22. The van der Waals surface area contributed by atoms with Crippen molar-refractivity contribution in [3.05, 3.63) is 30.3 Å². The van der Waals surface area contributed by atoms with E-state index in [4.69, 9.17) is 0 Å². The van der Waals surface area contributed by atoms with E-state index >= 15 is 0 Å². The van der Waals surface area contributed by atoms with E-state index in [2.05, 4.69) is 16.0 Å². The Balaban J connectivity index is 0.00000289. The summed E-state index contributed by atoms with van der Waals surface area (Å²) in [7, 11) is 1.77. The van der Waals surface area contributed by atoms with Gasteiger partial charge in [-0.2, -0.15) is 0 Å². The smallest absolute Gasteiger partial charge is 0.243 e. The standard InChI is InChI=1S/C12H17N3O2.ClH/c1-13-8-7-11(16)14-9-12(17)15-10-5-3-2-4-6-10;/h2-6,13H,7-9H2,1H3,(H,14,16)(H,15,17);1H. The lowest BCUT2D eigenvalue weighted by atomic mass is 10.3. The van der Waals surface area contributed by atoms with Crippen molar-refractivity contribution in [2.24, 2.45) is 0 Å². The molecule has 0 radical (unpaired) electrons. The van der Waals surface area contributed by atoms with Gasteiger partial charge in [-0.1, -0.05) is 18.2 Å². The van der Waals surface area contributed by atoms with Crippen LogP contribution in [0.1, 0.15) is 6.42 Å². The number of nitrogens with one attached hydrogen (secondary N) is 3. The van der Waals surface area contributed by atoms with Crippen LogP contribution in [0.3, 0.4) is 0 Å². The lowest BCUT2D eigenvalue weighted by molar-refractivity contribution is -0.124. The highest BCUT2D eigenvalue weighted by Crippen LogP contribution is 2.03. The summed E-state index contributed by atoms with van der Waals surface area (Å²) in [4.78, 5) is 22.7. The molecule has 1 aromatic rings. The molecule has 0 spiro atoms. The van der Waals surface area contributed by atoms with E-state index in [1.54, 1.807) is 19.2 Å². The fourth-order valence-electron chi connectivity index (χ4n) is 1.23. The minimum atomic E-state index is -0.228. The van der Waals surface area contributed by atoms with E-state index < -0.39 is 0 Å². The van der Waals surface area contributed by atoms with E-state index in [-0.39, 0.29) is 30.8 Å². The van der Waals surface area contributed by atoms with Crippen molar-refractivity contribution in [2.45, 2.75) is 6.42 Å². The van der Waals surface area contributed by atoms with Gasteiger partial charge in [0.05, 0.1) is 6.54 Å². The fraction of sp³-hybridized carbons (Fsp3) is 0.333. The Morgan fingerprint density at radius 3 is 2.39 bits per heavy atom. The third-order valence-electron chi connectivity index (χ3n) is 2.11. The van der Waals surface area contributed by atoms with Crippen molar-refractivity contribution in [3.8, 4) is 0 Å². The Bertz CT molecular complexity index is 371. The normalized spacial score (nSPS) is 9.17. The minimum Gasteiger partial charge on any atom is -0.347 e. The number of hydrogen-bond acceptors (Lipinski definition) is 3. The molecule has 6 heteroatoms. The molecule has 0 atom stereocenters. The molecule has 0 fully saturated rings. The van der Waals surface area contributed by atoms with E-state index in [0.29, 0.717) is 13.0 Å². The maximum Gasteiger partial charge on any atom is 0.243 e. The number of halogens is 1. The molecular weight excluding hydrogens is 254 g/mol. The van der Waals surface area contributed by atoms with Gasteiger partial charge in [0, 0.05) is 18.7 Å². The van der Waals surface area contributed by atoms with Crippen LogP contribution in [0.2, 0.25) is 0 Å². The average molecular weight is 272 g/mol. The molecule has 0 saturated carbocycles. The van der Waals surface area contributed by atoms with Crippen LogP contribution < -0.4 is 16.0 Å². The number of carbonyl (C=O) groups is 2. The number of anilines is 1. The second-order valence-electron chi connectivity index (χ2n) is 3.54. The quantitative estimate of drug-likeness (QED) is 0.716. The molecule has 100 valence electrons. The van der Waals surface area contributed by atoms with Gasteiger partial charge >= 0.3 is 0 Å². The van der Waals surface area contributed by atoms with Crippen LogP contribution in [0, 0.1) is 0 Å². The van der Waals surface area contributed by atoms with Crippen molar-refractivity contribution in [1.82, 2.24) is 10.6 Å². The van der Waals surface area contributed by atoms with Crippen LogP contribution in [0.5, 0.6) is 0 Å². The average Bonchev–Trinajstić information content (AvgIpc) is 2.35. The van der Waals surface area contributed by atoms with E-state index in [1.165, 1.54) is 0 Å². The number of rotatable bonds is 6. The van der Waals surface area contributed by atoms with Gasteiger partial charge in [-0.3, -0.25) is 9.59 Å². The fourth-order valence-corrected chi connectivity index (χ4v) is 1.23. The first-order valence-corrected chi connectivity index (χ1v) is 5.48. The van der Waals surface area contributed by atoms with E-state index in [9.17, 15) is 9.59 Å². The molecule has 1 aromatic carbocycles. The van der Waals surface area contributed by atoms with Gasteiger partial charge in [-0.15, -0.1) is 12.4 Å². The summed E-state index contributed by atoms with van der Waals surface area (Å²) in [5.74, 6) is -0.364. The number of carbonyl (C=O) groups excluding carboxylic acids is 2. The molecule has 18 heavy (non-hydrogen) atoms. The number of para-hydroxylation sites is 1. The second kappa shape index (κ2) is 9.44. The molecule has 0 aromatic heterocycles. The monoisotopic (exact) mass is 271 g/mol. The van der Waals surface area contributed by atoms with Crippen LogP contribution in [0.15, 0.2) is 30.3 Å². The van der Waals surface area contributed by atoms with Crippen molar-refractivity contribution in [2.75, 3.05) is 25.5 Å². The SMILES string of the molecule is CNCCC(=O)NCC(=O)Nc1ccccc1.Cl. The Kier molecular flexibility index (Phi) is 8.61. The Morgan fingerprint density at radius 2 is 1.78 bits per heavy atom. The highest BCUT2D eigenvalue weighted by atomic mass is 35.5. The largest absolute Gasteiger partial charge is 0.347 e. The van der Waals surface area contributed by atoms with E-state index in [0.717, 1.165) is 5.69 Å². The molecule has 0 bridgehead atoms. The number of benzene rings is 1. The summed E-state index contributed by atoms with van der Waals surface area (Å²) in [6.07, 6.45) is 0.370. The molecule has 0 saturated heterocycles. The number of amides is 2. The van der Waals surface area contributed by atoms with Gasteiger partial charge < -0.3 is 16.0 Å². The zero-order valence-electron chi connectivity index (χ0n) is 10.2. The van der Waals surface area contributed by atoms with Crippen LogP contribution in [-0.2, 0) is 9.59 Å². The topological polar surface area (TPSA) is 70.2 Å². The van der Waals surface area contributed by atoms with Crippen molar-refractivity contribution >= 4 is 29.9 Å². The molecule has 0 unspecified atom stereocenters. The zero-order valence-corrected chi connectivity index (χ0v) is 11.0. The van der Waals surface area contributed by atoms with Crippen LogP contribution in [-0.4, -0.2) is 32.0 Å². The summed E-state index contributed by atoms with van der Waals surface area (Å²) in [6, 6.07) is 9.12. The third kappa shape index (κ3) is 6.88. The molecule has 0 aliphatic heterocycles. The van der Waals surface area contributed by atoms with Gasteiger partial charge in [0.2, 0.25) is 11.8 Å². The highest BCUT2D eigenvalue weighted by Gasteiger charge is 2.04. The third-order valence-corrected chi connectivity index (χ3v) is 2.11. The first-order valence-electron chi connectivity index (χ1n) is 5.48. The maximum absolute atomic E-state index is 11.4. The van der Waals surface area contributed by atoms with Crippen molar-refractivity contribution in [1.29, 1.82) is 0 Å². The predicted octanol–water partition coefficient (Wildman–Crippen LogP) is 0.773. The Labute approximate surface area is 113 Å². The summed E-state index contributed by atoms with van der Waals surface area (Å²) in [5.41, 5.74) is 0.724. The molecule has 3 N–H and O–H groups in total. The predicted molar refractivity (Wildman–Crippen MR) is 73.9 cm³/mol. The minimum absolute atomic E-state index is 0. The molecule has 2 amide bonds. The summed E-state index contributed by atoms with van der Waals surface area (Å²) in [5, 5.41) is 8.10. The maximum atomic E-state index is 11.4. The van der Waals surface area contributed by atoms with Gasteiger partial charge in [-0.25, -0.2) is 0 Å². The second-order valence-corrected chi connectivity index (χ2v) is 3.54. The zero-order chi connectivity index (χ0) is 12.5. The van der Waals surface area contributed by atoms with E-state index in [1.807, 2.05) is 18.2 Å². The molecular formula is C12H18ClN3O2. The molecule has 1 rings (SSSR count). The van der Waals surface area contributed by atoms with Crippen LogP contribution >= 0.6 is 12.4 Å². The Hall–Kier alpha value is -1.59. The molecule has 0 heterocycles. The lowest BCUT2D eigenvalue weighted by Crippen LogP contribution is -2.34. The highest BCUT2D eigenvalue weighted by molar-refractivity contribution is 5.94. The van der Waals surface area contributed by atoms with Crippen LogP contribution in [0.25, 0.3) is 0 Å². The summed E-state index contributed by atoms with van der Waals surface area (Å²) >= 11 is 0. The van der Waals surface area contributed by atoms with Gasteiger partial charge in [0.1, 0.15) is 0 Å². The first kappa shape index (κ1) is 16.4. The van der Waals surface area contributed by atoms with Crippen molar-refractivity contribution in [3.63, 3.8) is 0 Å². The molecule has 0 aliphatic rings. The summed E-state index contributed by atoms with van der Waals surface area (Å²) in [6.45, 7) is 0.601. The molecule has 5 nitrogen and oxygen atoms in total. The Morgan fingerprint density at radius 1 is 1.11 bits per heavy atom. The number of hydrogen-bond donors (Lipinski definition) is 3. The summed E-state index contributed by atoms with van der Waals surface area (Å²) < 4.78 is 0. The van der Waals surface area contributed by atoms with Crippen LogP contribution in [0.4, 0.5) is 5.69 Å².